The van der Waals surface area contributed by atoms with Crippen LogP contribution in [0.1, 0.15) is 72.2 Å². The first kappa shape index (κ1) is 34.7. The van der Waals surface area contributed by atoms with Crippen molar-refractivity contribution >= 4 is 34.9 Å². The van der Waals surface area contributed by atoms with Crippen LogP contribution in [0.2, 0.25) is 0 Å². The molecule has 0 aromatic heterocycles. The Morgan fingerprint density at radius 2 is 1.77 bits per heavy atom. The number of anilines is 3. The van der Waals surface area contributed by atoms with Crippen LogP contribution in [0.15, 0.2) is 66.7 Å². The Balaban J connectivity index is 1.26. The molecule has 6 N–H and O–H groups in total. The third-order valence-corrected chi connectivity index (χ3v) is 9.23. The molecule has 1 saturated carbocycles. The lowest BCUT2D eigenvalue weighted by atomic mass is 9.96. The van der Waals surface area contributed by atoms with Crippen LogP contribution in [0, 0.1) is 5.92 Å². The van der Waals surface area contributed by atoms with Gasteiger partial charge in [-0.05, 0) is 74.8 Å². The number of carbonyl (C=O) groups excluding carboxylic acids is 3. The summed E-state index contributed by atoms with van der Waals surface area (Å²) in [6.45, 7) is 5.28. The van der Waals surface area contributed by atoms with Crippen molar-refractivity contribution in [3.8, 4) is 5.75 Å². The highest BCUT2D eigenvalue weighted by Crippen LogP contribution is 2.31. The third kappa shape index (κ3) is 8.84. The molecule has 4 amide bonds. The van der Waals surface area contributed by atoms with E-state index in [1.54, 1.807) is 47.4 Å². The van der Waals surface area contributed by atoms with E-state index in [1.165, 1.54) is 6.42 Å². The Bertz CT molecular complexity index is 1570. The molecule has 5 rings (SSSR count). The van der Waals surface area contributed by atoms with E-state index in [-0.39, 0.29) is 42.5 Å². The number of nitrogens with one attached hydrogen (secondary N) is 3. The summed E-state index contributed by atoms with van der Waals surface area (Å²) in [7, 11) is 2.01. The number of nitrogens with zero attached hydrogens (tertiary/aromatic N) is 2. The molecule has 1 aliphatic carbocycles. The Morgan fingerprint density at radius 1 is 1.04 bits per heavy atom. The van der Waals surface area contributed by atoms with Crippen molar-refractivity contribution in [1.82, 2.24) is 15.1 Å². The second-order valence-corrected chi connectivity index (χ2v) is 13.2. The minimum atomic E-state index is -0.399. The maximum Gasteiger partial charge on any atom is 0.319 e. The van der Waals surface area contributed by atoms with Crippen molar-refractivity contribution in [2.75, 3.05) is 43.1 Å². The number of rotatable bonds is 10. The number of likely N-dealkylation sites (N-methyl/N-ethyl adjacent to an activating group) is 1. The second-order valence-electron chi connectivity index (χ2n) is 13.2. The highest BCUT2D eigenvalue weighted by Gasteiger charge is 2.33. The molecule has 1 heterocycles. The molecule has 3 aromatic rings. The van der Waals surface area contributed by atoms with E-state index in [2.05, 4.69) is 20.9 Å². The molecular formula is C37H48N6O5. The van der Waals surface area contributed by atoms with E-state index in [4.69, 9.17) is 10.5 Å². The molecule has 0 bridgehead atoms. The number of amides is 4. The van der Waals surface area contributed by atoms with Gasteiger partial charge in [-0.25, -0.2) is 4.79 Å². The number of hydrogen-bond donors (Lipinski definition) is 5. The average molecular weight is 657 g/mol. The largest absolute Gasteiger partial charge is 0.488 e. The second kappa shape index (κ2) is 16.0. The Morgan fingerprint density at radius 3 is 2.48 bits per heavy atom. The number of hydrogen-bond acceptors (Lipinski definition) is 7. The van der Waals surface area contributed by atoms with Crippen LogP contribution >= 0.6 is 0 Å². The van der Waals surface area contributed by atoms with Gasteiger partial charge in [0, 0.05) is 42.8 Å². The van der Waals surface area contributed by atoms with Crippen molar-refractivity contribution in [2.24, 2.45) is 5.92 Å². The smallest absolute Gasteiger partial charge is 0.319 e. The van der Waals surface area contributed by atoms with E-state index >= 15 is 0 Å². The van der Waals surface area contributed by atoms with Crippen LogP contribution in [0.4, 0.5) is 21.9 Å². The van der Waals surface area contributed by atoms with Gasteiger partial charge in [-0.2, -0.15) is 0 Å². The van der Waals surface area contributed by atoms with Crippen molar-refractivity contribution in [1.29, 1.82) is 0 Å². The molecule has 48 heavy (non-hydrogen) atoms. The lowest BCUT2D eigenvalue weighted by Crippen LogP contribution is -2.49. The fourth-order valence-corrected chi connectivity index (χ4v) is 6.37. The van der Waals surface area contributed by atoms with Crippen LogP contribution in [0.3, 0.4) is 0 Å². The number of aliphatic hydroxyl groups excluding tert-OH is 1. The maximum absolute atomic E-state index is 13.8. The normalized spacial score (nSPS) is 19.0. The van der Waals surface area contributed by atoms with Gasteiger partial charge in [0.15, 0.2) is 0 Å². The van der Waals surface area contributed by atoms with Gasteiger partial charge in [0.25, 0.3) is 11.8 Å². The van der Waals surface area contributed by atoms with Gasteiger partial charge in [0.1, 0.15) is 11.9 Å². The number of nitrogens with two attached hydrogens (primary N) is 1. The van der Waals surface area contributed by atoms with Crippen LogP contribution in [-0.4, -0.2) is 77.7 Å². The molecule has 11 heteroatoms. The van der Waals surface area contributed by atoms with Gasteiger partial charge in [-0.3, -0.25) is 14.5 Å². The minimum Gasteiger partial charge on any atom is -0.488 e. The van der Waals surface area contributed by atoms with Crippen molar-refractivity contribution < 1.29 is 24.2 Å². The topological polar surface area (TPSA) is 149 Å². The fourth-order valence-electron chi connectivity index (χ4n) is 6.37. The molecule has 1 aliphatic heterocycles. The number of para-hydroxylation sites is 2. The zero-order chi connectivity index (χ0) is 34.2. The molecular weight excluding hydrogens is 608 g/mol. The van der Waals surface area contributed by atoms with Gasteiger partial charge >= 0.3 is 6.03 Å². The summed E-state index contributed by atoms with van der Waals surface area (Å²) < 4.78 is 6.54. The summed E-state index contributed by atoms with van der Waals surface area (Å²) in [5.74, 6) is -0.0925. The highest BCUT2D eigenvalue weighted by molar-refractivity contribution is 6.05. The lowest BCUT2D eigenvalue weighted by molar-refractivity contribution is 0.0341. The third-order valence-electron chi connectivity index (χ3n) is 9.23. The average Bonchev–Trinajstić information content (AvgIpc) is 3.08. The van der Waals surface area contributed by atoms with E-state index in [0.29, 0.717) is 53.6 Å². The molecule has 0 unspecified atom stereocenters. The molecule has 256 valence electrons. The number of urea groups is 1. The predicted molar refractivity (Wildman–Crippen MR) is 188 cm³/mol. The monoisotopic (exact) mass is 656 g/mol. The summed E-state index contributed by atoms with van der Waals surface area (Å²) in [5.41, 5.74) is 9.45. The van der Waals surface area contributed by atoms with Gasteiger partial charge < -0.3 is 36.4 Å². The first-order chi connectivity index (χ1) is 23.1. The van der Waals surface area contributed by atoms with Crippen molar-refractivity contribution in [3.05, 3.63) is 83.4 Å². The Kier molecular flexibility index (Phi) is 11.6. The molecule has 0 radical (unpaired) electrons. The van der Waals surface area contributed by atoms with Gasteiger partial charge in [-0.1, -0.05) is 50.5 Å². The maximum atomic E-state index is 13.8. The summed E-state index contributed by atoms with van der Waals surface area (Å²) in [4.78, 5) is 43.2. The standard InChI is InChI=1S/C37H48N6O5/c1-24-20-43(25(2)23-44)36(46)30-19-29(40-37(47)39-28-9-5-4-6-10-28)17-18-33(30)48-34(24)22-42(3)21-26-13-15-27(16-14-26)35(45)41-32-12-8-7-11-31(32)38/h7-8,11-19,24-25,28,34,44H,4-6,9-10,20-23,38H2,1-3H3,(H,41,45)(H2,39,40,47)/t24-,25-,34-/m0/s1. The van der Waals surface area contributed by atoms with Gasteiger partial charge in [0.2, 0.25) is 0 Å². The Labute approximate surface area is 282 Å². The van der Waals surface area contributed by atoms with Gasteiger partial charge in [0.05, 0.1) is 29.6 Å². The van der Waals surface area contributed by atoms with Crippen molar-refractivity contribution in [2.45, 2.75) is 70.7 Å². The molecule has 1 fully saturated rings. The fraction of sp³-hybridized carbons (Fsp3) is 0.432. The number of carbonyl (C=O) groups is 3. The zero-order valence-electron chi connectivity index (χ0n) is 28.1. The summed E-state index contributed by atoms with van der Waals surface area (Å²) in [6.07, 6.45) is 5.09. The molecule has 2 aliphatic rings. The molecule has 11 nitrogen and oxygen atoms in total. The predicted octanol–water partition coefficient (Wildman–Crippen LogP) is 5.33. The van der Waals surface area contributed by atoms with Crippen LogP contribution in [0.5, 0.6) is 5.75 Å². The quantitative estimate of drug-likeness (QED) is 0.185. The van der Waals surface area contributed by atoms with E-state index in [9.17, 15) is 19.5 Å². The summed E-state index contributed by atoms with van der Waals surface area (Å²) in [6, 6.07) is 19.2. The summed E-state index contributed by atoms with van der Waals surface area (Å²) >= 11 is 0. The summed E-state index contributed by atoms with van der Waals surface area (Å²) in [5, 5.41) is 18.8. The van der Waals surface area contributed by atoms with Crippen LogP contribution in [-0.2, 0) is 6.54 Å². The SMILES string of the molecule is C[C@H]1CN([C@@H](C)CO)C(=O)c2cc(NC(=O)NC3CCCCC3)ccc2O[C@H]1CN(C)Cc1ccc(C(=O)Nc2ccccc2N)cc1. The first-order valence-corrected chi connectivity index (χ1v) is 16.8. The first-order valence-electron chi connectivity index (χ1n) is 16.8. The molecule has 0 spiro atoms. The van der Waals surface area contributed by atoms with Gasteiger partial charge in [-0.15, -0.1) is 0 Å². The molecule has 3 aromatic carbocycles. The lowest BCUT2D eigenvalue weighted by Gasteiger charge is -2.38. The molecule has 3 atom stereocenters. The highest BCUT2D eigenvalue weighted by atomic mass is 16.5. The number of aliphatic hydroxyl groups is 1. The number of benzene rings is 3. The number of ether oxygens (including phenoxy) is 1. The van der Waals surface area contributed by atoms with Crippen molar-refractivity contribution in [3.63, 3.8) is 0 Å². The van der Waals surface area contributed by atoms with E-state index < -0.39 is 6.04 Å². The number of fused-ring (bicyclic) bond motifs is 1. The van der Waals surface area contributed by atoms with Crippen LogP contribution < -0.4 is 26.4 Å². The zero-order valence-corrected chi connectivity index (χ0v) is 28.1. The van der Waals surface area contributed by atoms with Crippen LogP contribution in [0.25, 0.3) is 0 Å². The molecule has 0 saturated heterocycles. The van der Waals surface area contributed by atoms with E-state index in [0.717, 1.165) is 31.2 Å². The Hall–Kier alpha value is -4.61. The van der Waals surface area contributed by atoms with E-state index in [1.807, 2.05) is 45.2 Å². The number of nitrogen functional groups attached to an aromatic ring is 1. The minimum absolute atomic E-state index is 0.0471.